The van der Waals surface area contributed by atoms with E-state index in [1.165, 1.54) is 10.9 Å². The fraction of sp³-hybridized carbons (Fsp3) is 0.172. The maximum atomic E-state index is 12.5. The number of hydrogen-bond acceptors (Lipinski definition) is 6. The summed E-state index contributed by atoms with van der Waals surface area (Å²) in [5.41, 5.74) is 15.1. The van der Waals surface area contributed by atoms with Gasteiger partial charge in [-0.05, 0) is 47.4 Å². The Hall–Kier alpha value is -5.32. The van der Waals surface area contributed by atoms with Gasteiger partial charge in [0.15, 0.2) is 5.69 Å². The molecule has 0 unspecified atom stereocenters. The lowest BCUT2D eigenvalue weighted by Gasteiger charge is -2.11. The van der Waals surface area contributed by atoms with Crippen LogP contribution < -0.4 is 31.6 Å². The highest BCUT2D eigenvalue weighted by molar-refractivity contribution is 6.00. The number of anilines is 1. The van der Waals surface area contributed by atoms with Crippen LogP contribution in [0.5, 0.6) is 11.5 Å². The zero-order chi connectivity index (χ0) is 28.6. The minimum atomic E-state index is -0.827. The van der Waals surface area contributed by atoms with E-state index in [0.29, 0.717) is 36.6 Å². The molecule has 0 spiro atoms. The molecule has 4 rings (SSSR count). The van der Waals surface area contributed by atoms with Crippen LogP contribution in [-0.4, -0.2) is 41.8 Å². The minimum Gasteiger partial charge on any atom is -0.497 e. The van der Waals surface area contributed by atoms with Crippen LogP contribution in [0.15, 0.2) is 72.9 Å². The van der Waals surface area contributed by atoms with Crippen LogP contribution in [0.25, 0.3) is 16.8 Å². The van der Waals surface area contributed by atoms with Gasteiger partial charge >= 0.3 is 6.03 Å². The van der Waals surface area contributed by atoms with E-state index in [-0.39, 0.29) is 17.3 Å². The maximum Gasteiger partial charge on any atom is 0.316 e. The van der Waals surface area contributed by atoms with Crippen molar-refractivity contribution in [3.05, 3.63) is 89.7 Å². The Morgan fingerprint density at radius 2 is 1.70 bits per heavy atom. The van der Waals surface area contributed by atoms with Gasteiger partial charge in [-0.1, -0.05) is 36.4 Å². The van der Waals surface area contributed by atoms with Gasteiger partial charge in [0.05, 0.1) is 31.8 Å². The zero-order valence-electron chi connectivity index (χ0n) is 22.1. The number of aromatic nitrogens is 2. The number of ether oxygens (including phenoxy) is 2. The number of methoxy groups -OCH3 is 2. The van der Waals surface area contributed by atoms with Crippen LogP contribution in [0.4, 0.5) is 10.5 Å². The number of amides is 4. The number of hydrogen-bond donors (Lipinski definition) is 4. The summed E-state index contributed by atoms with van der Waals surface area (Å²) in [6.45, 7) is 0.357. The van der Waals surface area contributed by atoms with Gasteiger partial charge < -0.3 is 31.6 Å². The average Bonchev–Trinajstić information content (AvgIpc) is 3.38. The molecule has 0 aliphatic rings. The van der Waals surface area contributed by atoms with E-state index in [2.05, 4.69) is 15.7 Å². The highest BCUT2D eigenvalue weighted by Crippen LogP contribution is 2.25. The first-order valence-electron chi connectivity index (χ1n) is 12.4. The van der Waals surface area contributed by atoms with E-state index >= 15 is 0 Å². The number of primary amides is 2. The second-order valence-corrected chi connectivity index (χ2v) is 8.89. The number of nitrogens with zero attached hydrogens (tertiary/aromatic N) is 2. The quantitative estimate of drug-likeness (QED) is 0.227. The standard InChI is InChI=1S/C29H30N6O5/c1-39-23-12-9-21(25(15-23)40-2)16-32-26(36)13-6-18-4-3-5-20(14-18)19-7-10-22(11-8-19)35-17-24(33-29(31)38)27(34-35)28(30)37/h3-5,7-12,14-15,17H,6,13,16H2,1-2H3,(H2,30,37)(H,32,36)(H3,31,33,38). The molecule has 3 aromatic carbocycles. The number of nitrogens with one attached hydrogen (secondary N) is 2. The van der Waals surface area contributed by atoms with Crippen LogP contribution in [-0.2, 0) is 17.8 Å². The monoisotopic (exact) mass is 542 g/mol. The number of carbonyl (C=O) groups is 3. The summed E-state index contributed by atoms with van der Waals surface area (Å²) in [6.07, 6.45) is 2.39. The average molecular weight is 543 g/mol. The van der Waals surface area contributed by atoms with Gasteiger partial charge in [-0.3, -0.25) is 9.59 Å². The molecule has 0 aliphatic heterocycles. The van der Waals surface area contributed by atoms with Gasteiger partial charge in [0.25, 0.3) is 5.91 Å². The lowest BCUT2D eigenvalue weighted by atomic mass is 10.0. The molecule has 1 heterocycles. The predicted octanol–water partition coefficient (Wildman–Crippen LogP) is 3.40. The van der Waals surface area contributed by atoms with E-state index < -0.39 is 11.9 Å². The van der Waals surface area contributed by atoms with E-state index in [1.54, 1.807) is 20.3 Å². The fourth-order valence-electron chi connectivity index (χ4n) is 4.16. The molecule has 11 heteroatoms. The number of rotatable bonds is 11. The molecule has 0 aliphatic carbocycles. The Morgan fingerprint density at radius 3 is 2.38 bits per heavy atom. The molecular formula is C29H30N6O5. The molecule has 0 saturated carbocycles. The van der Waals surface area contributed by atoms with E-state index in [0.717, 1.165) is 22.3 Å². The topological polar surface area (TPSA) is 164 Å². The SMILES string of the molecule is COc1ccc(CNC(=O)CCc2cccc(-c3ccc(-n4cc(NC(N)=O)c(C(N)=O)n4)cc3)c2)c(OC)c1. The van der Waals surface area contributed by atoms with Crippen molar-refractivity contribution in [3.63, 3.8) is 0 Å². The molecule has 4 amide bonds. The largest absolute Gasteiger partial charge is 0.497 e. The van der Waals surface area contributed by atoms with Crippen molar-refractivity contribution >= 4 is 23.5 Å². The van der Waals surface area contributed by atoms with Crippen molar-refractivity contribution < 1.29 is 23.9 Å². The van der Waals surface area contributed by atoms with Crippen LogP contribution in [0.2, 0.25) is 0 Å². The summed E-state index contributed by atoms with van der Waals surface area (Å²) >= 11 is 0. The number of nitrogens with two attached hydrogens (primary N) is 2. The second kappa shape index (κ2) is 12.5. The molecule has 11 nitrogen and oxygen atoms in total. The summed E-state index contributed by atoms with van der Waals surface area (Å²) in [7, 11) is 3.17. The Morgan fingerprint density at radius 1 is 0.925 bits per heavy atom. The first-order valence-corrected chi connectivity index (χ1v) is 12.4. The smallest absolute Gasteiger partial charge is 0.316 e. The molecule has 206 valence electrons. The summed E-state index contributed by atoms with van der Waals surface area (Å²) in [5, 5.41) is 9.46. The third-order valence-electron chi connectivity index (χ3n) is 6.21. The molecule has 0 bridgehead atoms. The summed E-state index contributed by atoms with van der Waals surface area (Å²) < 4.78 is 12.0. The van der Waals surface area contributed by atoms with Crippen LogP contribution in [0, 0.1) is 0 Å². The summed E-state index contributed by atoms with van der Waals surface area (Å²) in [4.78, 5) is 35.4. The van der Waals surface area contributed by atoms with Gasteiger partial charge in [0.2, 0.25) is 5.91 Å². The molecular weight excluding hydrogens is 512 g/mol. The lowest BCUT2D eigenvalue weighted by molar-refractivity contribution is -0.121. The molecule has 0 atom stereocenters. The van der Waals surface area contributed by atoms with E-state index in [1.807, 2.05) is 60.7 Å². The Kier molecular flexibility index (Phi) is 8.65. The number of carbonyl (C=O) groups excluding carboxylic acids is 3. The Balaban J connectivity index is 1.38. The highest BCUT2D eigenvalue weighted by Gasteiger charge is 2.16. The van der Waals surface area contributed by atoms with Crippen molar-refractivity contribution in [1.29, 1.82) is 0 Å². The van der Waals surface area contributed by atoms with E-state index in [4.69, 9.17) is 20.9 Å². The normalized spacial score (nSPS) is 10.6. The Labute approximate surface area is 231 Å². The number of aryl methyl sites for hydroxylation is 1. The van der Waals surface area contributed by atoms with Gasteiger partial charge in [-0.2, -0.15) is 5.10 Å². The van der Waals surface area contributed by atoms with Crippen molar-refractivity contribution in [2.24, 2.45) is 11.5 Å². The van der Waals surface area contributed by atoms with Crippen LogP contribution in [0.1, 0.15) is 28.0 Å². The van der Waals surface area contributed by atoms with Gasteiger partial charge in [-0.25, -0.2) is 9.48 Å². The summed E-state index contributed by atoms with van der Waals surface area (Å²) in [5.74, 6) is 0.492. The molecule has 0 saturated heterocycles. The summed E-state index contributed by atoms with van der Waals surface area (Å²) in [6, 6.07) is 20.1. The molecule has 40 heavy (non-hydrogen) atoms. The molecule has 4 aromatic rings. The van der Waals surface area contributed by atoms with E-state index in [9.17, 15) is 14.4 Å². The lowest BCUT2D eigenvalue weighted by Crippen LogP contribution is -2.23. The van der Waals surface area contributed by atoms with Gasteiger partial charge in [-0.15, -0.1) is 0 Å². The number of urea groups is 1. The van der Waals surface area contributed by atoms with Gasteiger partial charge in [0, 0.05) is 24.6 Å². The highest BCUT2D eigenvalue weighted by atomic mass is 16.5. The van der Waals surface area contributed by atoms with Crippen LogP contribution in [0.3, 0.4) is 0 Å². The Bertz CT molecular complexity index is 1530. The third-order valence-corrected chi connectivity index (χ3v) is 6.21. The van der Waals surface area contributed by atoms with Crippen molar-refractivity contribution in [1.82, 2.24) is 15.1 Å². The number of benzene rings is 3. The van der Waals surface area contributed by atoms with Crippen LogP contribution >= 0.6 is 0 Å². The van der Waals surface area contributed by atoms with Crippen molar-refractivity contribution in [3.8, 4) is 28.3 Å². The zero-order valence-corrected chi connectivity index (χ0v) is 22.1. The van der Waals surface area contributed by atoms with Crippen molar-refractivity contribution in [2.75, 3.05) is 19.5 Å². The fourth-order valence-corrected chi connectivity index (χ4v) is 4.16. The molecule has 0 radical (unpaired) electrons. The predicted molar refractivity (Wildman–Crippen MR) is 150 cm³/mol. The first-order chi connectivity index (χ1) is 19.3. The van der Waals surface area contributed by atoms with Crippen molar-refractivity contribution in [2.45, 2.75) is 19.4 Å². The third kappa shape index (κ3) is 6.76. The molecule has 1 aromatic heterocycles. The maximum absolute atomic E-state index is 12.5. The first kappa shape index (κ1) is 27.7. The molecule has 0 fully saturated rings. The minimum absolute atomic E-state index is 0.0626. The molecule has 6 N–H and O–H groups in total. The second-order valence-electron chi connectivity index (χ2n) is 8.89. The van der Waals surface area contributed by atoms with Gasteiger partial charge in [0.1, 0.15) is 11.5 Å².